The number of alkyl halides is 2. The highest BCUT2D eigenvalue weighted by Crippen LogP contribution is 2.28. The second kappa shape index (κ2) is 3.42. The van der Waals surface area contributed by atoms with E-state index in [9.17, 15) is 13.2 Å². The van der Waals surface area contributed by atoms with Gasteiger partial charge in [0.1, 0.15) is 0 Å². The monoisotopic (exact) mass is 177 g/mol. The lowest BCUT2D eigenvalue weighted by atomic mass is 10.3. The van der Waals surface area contributed by atoms with Gasteiger partial charge in [-0.15, -0.1) is 0 Å². The summed E-state index contributed by atoms with van der Waals surface area (Å²) >= 11 is 0. The van der Waals surface area contributed by atoms with Crippen LogP contribution in [0.1, 0.15) is 12.1 Å². The Kier molecular flexibility index (Phi) is 2.52. The van der Waals surface area contributed by atoms with Gasteiger partial charge in [-0.3, -0.25) is 4.98 Å². The number of aromatic nitrogens is 1. The molecule has 0 unspecified atom stereocenters. The lowest BCUT2D eigenvalue weighted by molar-refractivity contribution is 0.140. The molecule has 0 fully saturated rings. The molecule has 2 nitrogen and oxygen atoms in total. The van der Waals surface area contributed by atoms with Crippen LogP contribution in [0.2, 0.25) is 0 Å². The van der Waals surface area contributed by atoms with Crippen molar-refractivity contribution < 1.29 is 17.9 Å². The fourth-order valence-corrected chi connectivity index (χ4v) is 0.797. The average Bonchev–Trinajstić information content (AvgIpc) is 2.03. The Morgan fingerprint density at radius 3 is 2.58 bits per heavy atom. The van der Waals surface area contributed by atoms with E-state index in [2.05, 4.69) is 9.72 Å². The molecule has 0 aliphatic rings. The standard InChI is InChI=1S/C7H6F3NO/c1-12-6-4(8)2-3-11-5(6)7(9)10/h2-3,7H,1H3. The summed E-state index contributed by atoms with van der Waals surface area (Å²) < 4.78 is 41.3. The molecule has 0 saturated carbocycles. The zero-order chi connectivity index (χ0) is 9.14. The number of pyridine rings is 1. The summed E-state index contributed by atoms with van der Waals surface area (Å²) in [5.74, 6) is -1.32. The third-order valence-electron chi connectivity index (χ3n) is 1.29. The Morgan fingerprint density at radius 1 is 1.50 bits per heavy atom. The van der Waals surface area contributed by atoms with Gasteiger partial charge in [-0.2, -0.15) is 0 Å². The average molecular weight is 177 g/mol. The van der Waals surface area contributed by atoms with E-state index in [1.54, 1.807) is 0 Å². The molecule has 5 heteroatoms. The summed E-state index contributed by atoms with van der Waals surface area (Å²) in [7, 11) is 1.12. The van der Waals surface area contributed by atoms with Crippen molar-refractivity contribution in [3.05, 3.63) is 23.8 Å². The fourth-order valence-electron chi connectivity index (χ4n) is 0.797. The molecule has 0 spiro atoms. The number of nitrogens with zero attached hydrogens (tertiary/aromatic N) is 1. The van der Waals surface area contributed by atoms with Gasteiger partial charge in [-0.05, 0) is 6.07 Å². The molecule has 0 amide bonds. The number of ether oxygens (including phenoxy) is 1. The SMILES string of the molecule is COc1c(F)ccnc1C(F)F. The highest BCUT2D eigenvalue weighted by Gasteiger charge is 2.18. The van der Waals surface area contributed by atoms with E-state index in [0.717, 1.165) is 19.4 Å². The molecule has 0 saturated heterocycles. The lowest BCUT2D eigenvalue weighted by Gasteiger charge is -2.06. The second-order valence-electron chi connectivity index (χ2n) is 2.01. The Labute approximate surface area is 67.0 Å². The number of methoxy groups -OCH3 is 1. The predicted octanol–water partition coefficient (Wildman–Crippen LogP) is 2.17. The Bertz CT molecular complexity index is 277. The minimum Gasteiger partial charge on any atom is -0.492 e. The number of hydrogen-bond acceptors (Lipinski definition) is 2. The molecule has 0 aliphatic heterocycles. The number of hydrogen-bond donors (Lipinski definition) is 0. The van der Waals surface area contributed by atoms with E-state index in [1.807, 2.05) is 0 Å². The highest BCUT2D eigenvalue weighted by atomic mass is 19.3. The van der Waals surface area contributed by atoms with Crippen molar-refractivity contribution >= 4 is 0 Å². The predicted molar refractivity (Wildman–Crippen MR) is 35.7 cm³/mol. The van der Waals surface area contributed by atoms with Crippen LogP contribution >= 0.6 is 0 Å². The molecule has 1 heterocycles. The maximum absolute atomic E-state index is 12.7. The van der Waals surface area contributed by atoms with Gasteiger partial charge in [0.15, 0.2) is 17.3 Å². The first-order chi connectivity index (χ1) is 5.66. The number of halogens is 3. The van der Waals surface area contributed by atoms with Crippen molar-refractivity contribution in [1.82, 2.24) is 4.98 Å². The van der Waals surface area contributed by atoms with Crippen molar-refractivity contribution in [3.8, 4) is 5.75 Å². The van der Waals surface area contributed by atoms with Crippen LogP contribution < -0.4 is 4.74 Å². The van der Waals surface area contributed by atoms with Crippen molar-refractivity contribution in [3.63, 3.8) is 0 Å². The molecule has 0 aliphatic carbocycles. The first kappa shape index (κ1) is 8.83. The number of rotatable bonds is 2. The van der Waals surface area contributed by atoms with Gasteiger partial charge in [0.25, 0.3) is 6.43 Å². The van der Waals surface area contributed by atoms with Crippen LogP contribution in [0.25, 0.3) is 0 Å². The van der Waals surface area contributed by atoms with Gasteiger partial charge in [0.05, 0.1) is 7.11 Å². The first-order valence-electron chi connectivity index (χ1n) is 3.13. The van der Waals surface area contributed by atoms with Crippen molar-refractivity contribution in [2.45, 2.75) is 6.43 Å². The van der Waals surface area contributed by atoms with Crippen molar-refractivity contribution in [1.29, 1.82) is 0 Å². The van der Waals surface area contributed by atoms with Crippen LogP contribution in [0.3, 0.4) is 0 Å². The quantitative estimate of drug-likeness (QED) is 0.690. The summed E-state index contributed by atoms with van der Waals surface area (Å²) in [6, 6.07) is 0.963. The summed E-state index contributed by atoms with van der Waals surface area (Å²) in [6.07, 6.45) is -1.85. The zero-order valence-corrected chi connectivity index (χ0v) is 6.22. The van der Waals surface area contributed by atoms with Crippen LogP contribution in [0.5, 0.6) is 5.75 Å². The van der Waals surface area contributed by atoms with Gasteiger partial charge in [-0.25, -0.2) is 13.2 Å². The maximum Gasteiger partial charge on any atom is 0.284 e. The molecule has 0 N–H and O–H groups in total. The molecule has 66 valence electrons. The van der Waals surface area contributed by atoms with Crippen molar-refractivity contribution in [2.75, 3.05) is 7.11 Å². The first-order valence-corrected chi connectivity index (χ1v) is 3.13. The molecule has 0 aromatic carbocycles. The second-order valence-corrected chi connectivity index (χ2v) is 2.01. The topological polar surface area (TPSA) is 22.1 Å². The maximum atomic E-state index is 12.7. The Hall–Kier alpha value is -1.26. The zero-order valence-electron chi connectivity index (χ0n) is 6.22. The molecule has 0 bridgehead atoms. The van der Waals surface area contributed by atoms with Gasteiger partial charge in [-0.1, -0.05) is 0 Å². The summed E-state index contributed by atoms with van der Waals surface area (Å²) in [5.41, 5.74) is -0.669. The minimum atomic E-state index is -2.82. The summed E-state index contributed by atoms with van der Waals surface area (Å²) in [5, 5.41) is 0. The van der Waals surface area contributed by atoms with Crippen LogP contribution in [0.15, 0.2) is 12.3 Å². The largest absolute Gasteiger partial charge is 0.492 e. The molecule has 12 heavy (non-hydrogen) atoms. The molecule has 1 aromatic rings. The minimum absolute atomic E-state index is 0.493. The molecule has 1 aromatic heterocycles. The normalized spacial score (nSPS) is 10.4. The molecule has 0 atom stereocenters. The Morgan fingerprint density at radius 2 is 2.17 bits per heavy atom. The van der Waals surface area contributed by atoms with Gasteiger partial charge in [0, 0.05) is 6.20 Å². The summed E-state index contributed by atoms with van der Waals surface area (Å²) in [6.45, 7) is 0. The van der Waals surface area contributed by atoms with E-state index in [1.165, 1.54) is 0 Å². The van der Waals surface area contributed by atoms with E-state index in [0.29, 0.717) is 0 Å². The lowest BCUT2D eigenvalue weighted by Crippen LogP contribution is -1.98. The van der Waals surface area contributed by atoms with E-state index in [4.69, 9.17) is 0 Å². The summed E-state index contributed by atoms with van der Waals surface area (Å²) in [4.78, 5) is 3.29. The Balaban J connectivity index is 3.18. The van der Waals surface area contributed by atoms with E-state index >= 15 is 0 Å². The van der Waals surface area contributed by atoms with Crippen LogP contribution in [-0.4, -0.2) is 12.1 Å². The van der Waals surface area contributed by atoms with Gasteiger partial charge < -0.3 is 4.74 Å². The van der Waals surface area contributed by atoms with Gasteiger partial charge in [0.2, 0.25) is 0 Å². The van der Waals surface area contributed by atoms with Crippen LogP contribution in [0.4, 0.5) is 13.2 Å². The van der Waals surface area contributed by atoms with E-state index < -0.39 is 23.7 Å². The van der Waals surface area contributed by atoms with Crippen LogP contribution in [0, 0.1) is 5.82 Å². The molecular weight excluding hydrogens is 171 g/mol. The smallest absolute Gasteiger partial charge is 0.284 e. The third kappa shape index (κ3) is 1.49. The van der Waals surface area contributed by atoms with Gasteiger partial charge >= 0.3 is 0 Å². The van der Waals surface area contributed by atoms with E-state index in [-0.39, 0.29) is 0 Å². The highest BCUT2D eigenvalue weighted by molar-refractivity contribution is 5.29. The van der Waals surface area contributed by atoms with Crippen LogP contribution in [-0.2, 0) is 0 Å². The molecular formula is C7H6F3NO. The molecule has 1 rings (SSSR count). The van der Waals surface area contributed by atoms with Crippen molar-refractivity contribution in [2.24, 2.45) is 0 Å². The third-order valence-corrected chi connectivity index (χ3v) is 1.29. The molecule has 0 radical (unpaired) electrons. The fraction of sp³-hybridized carbons (Fsp3) is 0.286.